The Kier molecular flexibility index (Phi) is 15.4. The Bertz CT molecular complexity index is 740. The number of ether oxygens (including phenoxy) is 2. The Morgan fingerprint density at radius 3 is 2.36 bits per heavy atom. The Morgan fingerprint density at radius 1 is 0.939 bits per heavy atom. The highest BCUT2D eigenvalue weighted by Crippen LogP contribution is 2.19. The summed E-state index contributed by atoms with van der Waals surface area (Å²) < 4.78 is 10.6. The van der Waals surface area contributed by atoms with Crippen LogP contribution in [-0.4, -0.2) is 29.1 Å². The fourth-order valence-corrected chi connectivity index (χ4v) is 3.59. The van der Waals surface area contributed by atoms with E-state index in [-0.39, 0.29) is 29.8 Å². The third-order valence-electron chi connectivity index (χ3n) is 5.37. The molecule has 0 bridgehead atoms. The van der Waals surface area contributed by atoms with E-state index in [9.17, 15) is 14.4 Å². The zero-order valence-electron chi connectivity index (χ0n) is 20.2. The average molecular weight is 461 g/mol. The first-order valence-electron chi connectivity index (χ1n) is 12.3. The maximum Gasteiger partial charge on any atom is 0.339 e. The second-order valence-electron chi connectivity index (χ2n) is 8.37. The highest BCUT2D eigenvalue weighted by molar-refractivity contribution is 5.91. The molecule has 0 amide bonds. The summed E-state index contributed by atoms with van der Waals surface area (Å²) in [5.74, 6) is -1.62. The number of allylic oxidation sites excluding steroid dienone is 1. The first kappa shape index (κ1) is 28.4. The number of carboxylic acid groups (broad SMARTS) is 1. The van der Waals surface area contributed by atoms with Gasteiger partial charge in [-0.25, -0.2) is 4.79 Å². The van der Waals surface area contributed by atoms with Gasteiger partial charge in [0.25, 0.3) is 0 Å². The molecule has 1 unspecified atom stereocenters. The minimum absolute atomic E-state index is 0.00502. The number of carboxylic acids is 1. The van der Waals surface area contributed by atoms with Crippen molar-refractivity contribution in [3.63, 3.8) is 0 Å². The second-order valence-corrected chi connectivity index (χ2v) is 8.37. The lowest BCUT2D eigenvalue weighted by atomic mass is 10.1. The minimum atomic E-state index is -1.11. The maximum atomic E-state index is 12.0. The summed E-state index contributed by atoms with van der Waals surface area (Å²) in [4.78, 5) is 34.4. The Labute approximate surface area is 198 Å². The van der Waals surface area contributed by atoms with Gasteiger partial charge < -0.3 is 14.6 Å². The van der Waals surface area contributed by atoms with Gasteiger partial charge in [-0.3, -0.25) is 9.59 Å². The van der Waals surface area contributed by atoms with E-state index in [2.05, 4.69) is 19.1 Å². The lowest BCUT2D eigenvalue weighted by molar-refractivity contribution is -0.146. The third kappa shape index (κ3) is 14.2. The van der Waals surface area contributed by atoms with Gasteiger partial charge in [0.05, 0.1) is 0 Å². The first-order chi connectivity index (χ1) is 15.9. The number of benzene rings is 1. The fraction of sp³-hybridized carbons (Fsp3) is 0.593. The molecule has 0 fully saturated rings. The van der Waals surface area contributed by atoms with E-state index in [4.69, 9.17) is 14.6 Å². The van der Waals surface area contributed by atoms with E-state index in [0.29, 0.717) is 0 Å². The van der Waals surface area contributed by atoms with Crippen LogP contribution in [-0.2, 0) is 14.3 Å². The summed E-state index contributed by atoms with van der Waals surface area (Å²) in [6.07, 6.45) is 16.8. The predicted molar refractivity (Wildman–Crippen MR) is 129 cm³/mol. The molecule has 6 heteroatoms. The van der Waals surface area contributed by atoms with Gasteiger partial charge in [0, 0.05) is 19.8 Å². The van der Waals surface area contributed by atoms with Crippen molar-refractivity contribution in [2.24, 2.45) is 0 Å². The number of aromatic carboxylic acids is 1. The fourth-order valence-electron chi connectivity index (χ4n) is 3.59. The van der Waals surface area contributed by atoms with Crippen LogP contribution in [0.3, 0.4) is 0 Å². The Balaban J connectivity index is 2.12. The minimum Gasteiger partial charge on any atom is -0.478 e. The molecule has 0 heterocycles. The smallest absolute Gasteiger partial charge is 0.339 e. The van der Waals surface area contributed by atoms with Gasteiger partial charge >= 0.3 is 17.9 Å². The van der Waals surface area contributed by atoms with Gasteiger partial charge in [-0.2, -0.15) is 0 Å². The molecule has 0 aromatic heterocycles. The van der Waals surface area contributed by atoms with Gasteiger partial charge in [-0.1, -0.05) is 69.7 Å². The highest BCUT2D eigenvalue weighted by atomic mass is 16.5. The number of carbonyl (C=O) groups is 3. The van der Waals surface area contributed by atoms with Crippen molar-refractivity contribution >= 4 is 17.9 Å². The van der Waals surface area contributed by atoms with Crippen LogP contribution in [0.25, 0.3) is 0 Å². The predicted octanol–water partition coefficient (Wildman–Crippen LogP) is 6.87. The molecule has 0 aliphatic rings. The molecule has 33 heavy (non-hydrogen) atoms. The van der Waals surface area contributed by atoms with Gasteiger partial charge in [-0.15, -0.1) is 0 Å². The Morgan fingerprint density at radius 2 is 1.64 bits per heavy atom. The molecule has 0 radical (unpaired) electrons. The van der Waals surface area contributed by atoms with Crippen LogP contribution >= 0.6 is 0 Å². The van der Waals surface area contributed by atoms with E-state index in [1.165, 1.54) is 38.3 Å². The van der Waals surface area contributed by atoms with Crippen molar-refractivity contribution in [1.29, 1.82) is 0 Å². The zero-order chi connectivity index (χ0) is 24.3. The van der Waals surface area contributed by atoms with Crippen LogP contribution in [0.5, 0.6) is 5.75 Å². The van der Waals surface area contributed by atoms with E-state index < -0.39 is 11.9 Å². The monoisotopic (exact) mass is 460 g/mol. The quantitative estimate of drug-likeness (QED) is 0.111. The molecule has 0 saturated carbocycles. The largest absolute Gasteiger partial charge is 0.478 e. The van der Waals surface area contributed by atoms with Crippen molar-refractivity contribution in [3.8, 4) is 5.75 Å². The number of rotatable bonds is 18. The number of hydrogen-bond acceptors (Lipinski definition) is 5. The first-order valence-corrected chi connectivity index (χ1v) is 12.3. The van der Waals surface area contributed by atoms with Gasteiger partial charge in [0.1, 0.15) is 17.4 Å². The summed E-state index contributed by atoms with van der Waals surface area (Å²) in [6.45, 7) is 3.65. The summed E-state index contributed by atoms with van der Waals surface area (Å²) >= 11 is 0. The standard InChI is InChI=1S/C27H40O6/c1-3-4-5-12-17-23(32-22(2)28)18-13-10-8-6-7-9-11-14-21-26(29)33-25-20-16-15-19-24(25)27(30)31/h10,13,15-16,19-20,23H,3-9,11-12,14,17-18,21H2,1-2H3,(H,30,31). The number of esters is 2. The second kappa shape index (κ2) is 17.9. The summed E-state index contributed by atoms with van der Waals surface area (Å²) in [5, 5.41) is 9.13. The van der Waals surface area contributed by atoms with E-state index in [1.807, 2.05) is 0 Å². The van der Waals surface area contributed by atoms with Crippen molar-refractivity contribution in [3.05, 3.63) is 42.0 Å². The van der Waals surface area contributed by atoms with E-state index in [1.54, 1.807) is 12.1 Å². The number of para-hydroxylation sites is 1. The molecular formula is C27H40O6. The molecule has 0 saturated heterocycles. The normalized spacial score (nSPS) is 11.9. The van der Waals surface area contributed by atoms with E-state index in [0.717, 1.165) is 57.8 Å². The van der Waals surface area contributed by atoms with Crippen molar-refractivity contribution in [1.82, 2.24) is 0 Å². The molecule has 6 nitrogen and oxygen atoms in total. The van der Waals surface area contributed by atoms with Crippen LogP contribution in [0.2, 0.25) is 0 Å². The summed E-state index contributed by atoms with van der Waals surface area (Å²) in [5.41, 5.74) is -0.00502. The van der Waals surface area contributed by atoms with Gasteiger partial charge in [0.2, 0.25) is 0 Å². The molecule has 1 rings (SSSR count). The molecule has 0 spiro atoms. The molecule has 1 aromatic carbocycles. The average Bonchev–Trinajstić information content (AvgIpc) is 2.77. The van der Waals surface area contributed by atoms with Crippen LogP contribution < -0.4 is 4.74 Å². The lowest BCUT2D eigenvalue weighted by Crippen LogP contribution is -2.15. The van der Waals surface area contributed by atoms with E-state index >= 15 is 0 Å². The van der Waals surface area contributed by atoms with Gasteiger partial charge in [-0.05, 0) is 44.2 Å². The molecule has 1 N–H and O–H groups in total. The number of unbranched alkanes of at least 4 members (excludes halogenated alkanes) is 8. The van der Waals surface area contributed by atoms with Crippen LogP contribution in [0.15, 0.2) is 36.4 Å². The van der Waals surface area contributed by atoms with Gasteiger partial charge in [0.15, 0.2) is 0 Å². The molecule has 1 atom stereocenters. The number of carbonyl (C=O) groups excluding carboxylic acids is 2. The summed E-state index contributed by atoms with van der Waals surface area (Å²) in [7, 11) is 0. The highest BCUT2D eigenvalue weighted by Gasteiger charge is 2.13. The lowest BCUT2D eigenvalue weighted by Gasteiger charge is -2.15. The topological polar surface area (TPSA) is 89.9 Å². The SMILES string of the molecule is CCCCCCC(CC=CCCCCCCCC(=O)Oc1ccccc1C(=O)O)OC(C)=O. The van der Waals surface area contributed by atoms with Crippen LogP contribution in [0.1, 0.15) is 108 Å². The molecule has 184 valence electrons. The molecular weight excluding hydrogens is 420 g/mol. The molecule has 0 aliphatic heterocycles. The number of hydrogen-bond donors (Lipinski definition) is 1. The Hall–Kier alpha value is -2.63. The van der Waals surface area contributed by atoms with Crippen LogP contribution in [0, 0.1) is 0 Å². The zero-order valence-corrected chi connectivity index (χ0v) is 20.2. The van der Waals surface area contributed by atoms with Crippen molar-refractivity contribution in [2.45, 2.75) is 103 Å². The van der Waals surface area contributed by atoms with Crippen LogP contribution in [0.4, 0.5) is 0 Å². The third-order valence-corrected chi connectivity index (χ3v) is 5.37. The van der Waals surface area contributed by atoms with Crippen molar-refractivity contribution in [2.75, 3.05) is 0 Å². The molecule has 1 aromatic rings. The molecule has 0 aliphatic carbocycles. The van der Waals surface area contributed by atoms with Crippen molar-refractivity contribution < 1.29 is 29.0 Å². The maximum absolute atomic E-state index is 12.0. The summed E-state index contributed by atoms with van der Waals surface area (Å²) in [6, 6.07) is 6.16.